The Morgan fingerprint density at radius 2 is 1.50 bits per heavy atom. The van der Waals surface area contributed by atoms with Gasteiger partial charge in [-0.15, -0.1) is 0 Å². The summed E-state index contributed by atoms with van der Waals surface area (Å²) >= 11 is 0. The molecule has 0 heterocycles. The average molecular weight is 270 g/mol. The van der Waals surface area contributed by atoms with Crippen LogP contribution in [0, 0.1) is 0 Å². The molecule has 0 aliphatic carbocycles. The van der Waals surface area contributed by atoms with Gasteiger partial charge in [-0.3, -0.25) is 0 Å². The van der Waals surface area contributed by atoms with Crippen LogP contribution in [0.1, 0.15) is 32.1 Å². The van der Waals surface area contributed by atoms with Gasteiger partial charge in [-0.2, -0.15) is 22.0 Å². The number of halogens is 5. The van der Waals surface area contributed by atoms with Crippen molar-refractivity contribution in [2.24, 2.45) is 0 Å². The number of carbonyl (C=O) groups excluding carboxylic acids is 1. The fourth-order valence-corrected chi connectivity index (χ4v) is 1.10. The van der Waals surface area contributed by atoms with E-state index in [1.807, 2.05) is 0 Å². The van der Waals surface area contributed by atoms with Crippen LogP contribution in [-0.2, 0) is 4.74 Å². The maximum atomic E-state index is 12.4. The molecule has 0 spiro atoms. The first-order valence-corrected chi connectivity index (χ1v) is 4.95. The van der Waals surface area contributed by atoms with Crippen molar-refractivity contribution in [3.05, 3.63) is 0 Å². The fraction of sp³-hybridized carbons (Fsp3) is 0.889. The largest absolute Gasteiger partial charge is 1.00 e. The van der Waals surface area contributed by atoms with Crippen LogP contribution in [-0.4, -0.2) is 24.9 Å². The first kappa shape index (κ1) is 19.8. The van der Waals surface area contributed by atoms with Gasteiger partial charge in [0.15, 0.2) is 0 Å². The molecule has 18 heavy (non-hydrogen) atoms. The normalized spacial score (nSPS) is 11.8. The van der Waals surface area contributed by atoms with Gasteiger partial charge in [0.25, 0.3) is 6.16 Å². The van der Waals surface area contributed by atoms with E-state index in [2.05, 4.69) is 4.74 Å². The molecule has 0 amide bonds. The zero-order valence-electron chi connectivity index (χ0n) is 9.86. The van der Waals surface area contributed by atoms with E-state index in [0.717, 1.165) is 0 Å². The van der Waals surface area contributed by atoms with Crippen LogP contribution in [0.15, 0.2) is 0 Å². The predicted molar refractivity (Wildman–Crippen MR) is 45.4 cm³/mol. The maximum absolute atomic E-state index is 12.4. The van der Waals surface area contributed by atoms with Gasteiger partial charge in [0, 0.05) is 13.0 Å². The minimum Gasteiger partial charge on any atom is -0.550 e. The van der Waals surface area contributed by atoms with Crippen molar-refractivity contribution in [3.8, 4) is 0 Å². The Hall–Kier alpha value is -0.483. The van der Waals surface area contributed by atoms with Crippen LogP contribution in [0.3, 0.4) is 0 Å². The molecule has 3 nitrogen and oxygen atoms in total. The van der Waals surface area contributed by atoms with Gasteiger partial charge in [-0.05, 0) is 12.8 Å². The first-order chi connectivity index (χ1) is 7.67. The third kappa shape index (κ3) is 8.59. The molecule has 0 aliphatic rings. The van der Waals surface area contributed by atoms with Crippen LogP contribution >= 0.6 is 0 Å². The smallest absolute Gasteiger partial charge is 0.550 e. The quantitative estimate of drug-likeness (QED) is 0.271. The Morgan fingerprint density at radius 3 is 1.94 bits per heavy atom. The van der Waals surface area contributed by atoms with Crippen LogP contribution in [0.2, 0.25) is 0 Å². The van der Waals surface area contributed by atoms with Gasteiger partial charge < -0.3 is 14.6 Å². The van der Waals surface area contributed by atoms with E-state index in [-0.39, 0.29) is 44.7 Å². The van der Waals surface area contributed by atoms with E-state index in [1.165, 1.54) is 0 Å². The standard InChI is InChI=1S/C9H13F5O3.Li/c10-8(11,9(12,13)14)5-3-1-2-4-6-17-7(15)16;/h1-6H2,(H,15,16);/q;+1/p-1. The summed E-state index contributed by atoms with van der Waals surface area (Å²) in [4.78, 5) is 9.77. The summed E-state index contributed by atoms with van der Waals surface area (Å²) in [6.45, 7) is -0.141. The number of carbonyl (C=O) groups is 1. The van der Waals surface area contributed by atoms with Gasteiger partial charge in [0.2, 0.25) is 0 Å². The maximum Gasteiger partial charge on any atom is 1.00 e. The van der Waals surface area contributed by atoms with Crippen LogP contribution in [0.25, 0.3) is 0 Å². The number of carboxylic acid groups (broad SMARTS) is 1. The Kier molecular flexibility index (Phi) is 9.47. The molecule has 9 heteroatoms. The SMILES string of the molecule is O=C([O-])OCCCCCCC(F)(F)C(F)(F)F.[Li+]. The van der Waals surface area contributed by atoms with E-state index >= 15 is 0 Å². The summed E-state index contributed by atoms with van der Waals surface area (Å²) in [5.74, 6) is -4.66. The molecule has 0 rings (SSSR count). The third-order valence-electron chi connectivity index (χ3n) is 2.02. The van der Waals surface area contributed by atoms with Gasteiger partial charge in [-0.1, -0.05) is 12.8 Å². The second-order valence-electron chi connectivity index (χ2n) is 3.46. The van der Waals surface area contributed by atoms with Gasteiger partial charge >= 0.3 is 31.0 Å². The van der Waals surface area contributed by atoms with E-state index in [9.17, 15) is 31.9 Å². The number of hydrogen-bond acceptors (Lipinski definition) is 3. The molecule has 0 fully saturated rings. The summed E-state index contributed by atoms with van der Waals surface area (Å²) in [5, 5.41) is 9.77. The molecule has 0 aromatic rings. The van der Waals surface area contributed by atoms with E-state index in [4.69, 9.17) is 0 Å². The Balaban J connectivity index is 0. The Morgan fingerprint density at radius 1 is 1.00 bits per heavy atom. The topological polar surface area (TPSA) is 49.4 Å². The number of unbranched alkanes of at least 4 members (excludes halogenated alkanes) is 3. The zero-order valence-corrected chi connectivity index (χ0v) is 9.86. The van der Waals surface area contributed by atoms with Gasteiger partial charge in [-0.25, -0.2) is 0 Å². The summed E-state index contributed by atoms with van der Waals surface area (Å²) in [5.41, 5.74) is 0. The second kappa shape index (κ2) is 8.59. The van der Waals surface area contributed by atoms with Crippen molar-refractivity contribution in [1.82, 2.24) is 0 Å². The van der Waals surface area contributed by atoms with Crippen LogP contribution in [0.4, 0.5) is 26.7 Å². The average Bonchev–Trinajstić information content (AvgIpc) is 2.13. The van der Waals surface area contributed by atoms with Gasteiger partial charge in [0.05, 0.1) is 0 Å². The predicted octanol–water partition coefficient (Wildman–Crippen LogP) is -0.502. The molecule has 0 aromatic carbocycles. The fourth-order valence-electron chi connectivity index (χ4n) is 1.10. The number of ether oxygens (including phenoxy) is 1. The van der Waals surface area contributed by atoms with E-state index in [1.54, 1.807) is 0 Å². The van der Waals surface area contributed by atoms with Crippen molar-refractivity contribution in [3.63, 3.8) is 0 Å². The summed E-state index contributed by atoms with van der Waals surface area (Å²) in [6, 6.07) is 0. The number of rotatable bonds is 7. The molecule has 102 valence electrons. The van der Waals surface area contributed by atoms with Crippen LogP contribution < -0.4 is 24.0 Å². The molecule has 0 atom stereocenters. The number of alkyl halides is 5. The second-order valence-corrected chi connectivity index (χ2v) is 3.46. The van der Waals surface area contributed by atoms with E-state index < -0.39 is 24.7 Å². The molecule has 0 bridgehead atoms. The first-order valence-electron chi connectivity index (χ1n) is 4.95. The Bertz CT molecular complexity index is 245. The molecule has 0 saturated heterocycles. The molecular weight excluding hydrogens is 258 g/mol. The molecule has 0 aliphatic heterocycles. The summed E-state index contributed by atoms with van der Waals surface area (Å²) < 4.78 is 63.9. The number of hydrogen-bond donors (Lipinski definition) is 0. The Labute approximate surface area is 113 Å². The monoisotopic (exact) mass is 270 g/mol. The minimum atomic E-state index is -5.51. The van der Waals surface area contributed by atoms with E-state index in [0.29, 0.717) is 6.42 Å². The molecule has 0 saturated carbocycles. The molecule has 0 unspecified atom stereocenters. The molecule has 0 aromatic heterocycles. The van der Waals surface area contributed by atoms with Crippen LogP contribution in [0.5, 0.6) is 0 Å². The summed E-state index contributed by atoms with van der Waals surface area (Å²) in [7, 11) is 0. The molecule has 0 radical (unpaired) electrons. The molecule has 0 N–H and O–H groups in total. The van der Waals surface area contributed by atoms with Crippen molar-refractivity contribution in [1.29, 1.82) is 0 Å². The van der Waals surface area contributed by atoms with Crippen molar-refractivity contribution >= 4 is 6.16 Å². The van der Waals surface area contributed by atoms with Gasteiger partial charge in [0.1, 0.15) is 0 Å². The zero-order chi connectivity index (χ0) is 13.5. The van der Waals surface area contributed by atoms with Crippen molar-refractivity contribution < 1.29 is 55.5 Å². The summed E-state index contributed by atoms with van der Waals surface area (Å²) in [6.07, 6.45) is -7.98. The van der Waals surface area contributed by atoms with Crippen molar-refractivity contribution in [2.45, 2.75) is 44.2 Å². The minimum absolute atomic E-state index is 0. The molecular formula is C9H12F5LiO3. The van der Waals surface area contributed by atoms with Crippen molar-refractivity contribution in [2.75, 3.05) is 6.61 Å². The third-order valence-corrected chi connectivity index (χ3v) is 2.02.